The number of benzene rings is 2. The zero-order chi connectivity index (χ0) is 15.6. The van der Waals surface area contributed by atoms with Gasteiger partial charge in [0.1, 0.15) is 5.75 Å². The summed E-state index contributed by atoms with van der Waals surface area (Å²) in [5, 5.41) is 2.92. The second kappa shape index (κ2) is 5.55. The molecule has 21 heavy (non-hydrogen) atoms. The molecule has 3 N–H and O–H groups in total. The third-order valence-corrected chi connectivity index (χ3v) is 3.09. The van der Waals surface area contributed by atoms with Gasteiger partial charge in [-0.3, -0.25) is 0 Å². The average molecular weight is 296 g/mol. The first-order valence-electron chi connectivity index (χ1n) is 6.19. The van der Waals surface area contributed by atoms with E-state index in [1.54, 1.807) is 25.1 Å². The summed E-state index contributed by atoms with van der Waals surface area (Å²) >= 11 is 0. The molecule has 2 rings (SSSR count). The highest BCUT2D eigenvalue weighted by Crippen LogP contribution is 2.34. The quantitative estimate of drug-likeness (QED) is 0.828. The van der Waals surface area contributed by atoms with Crippen LogP contribution in [0, 0.1) is 6.92 Å². The van der Waals surface area contributed by atoms with Gasteiger partial charge < -0.3 is 15.8 Å². The van der Waals surface area contributed by atoms with Gasteiger partial charge in [-0.05, 0) is 36.8 Å². The lowest BCUT2D eigenvalue weighted by Gasteiger charge is -2.15. The third-order valence-electron chi connectivity index (χ3n) is 3.09. The highest BCUT2D eigenvalue weighted by Gasteiger charge is 2.30. The van der Waals surface area contributed by atoms with Crippen LogP contribution in [0.15, 0.2) is 36.4 Å². The van der Waals surface area contributed by atoms with Gasteiger partial charge in [0.2, 0.25) is 0 Å². The molecule has 0 saturated heterocycles. The highest BCUT2D eigenvalue weighted by atomic mass is 19.4. The minimum Gasteiger partial charge on any atom is -0.497 e. The Morgan fingerprint density at radius 3 is 2.33 bits per heavy atom. The van der Waals surface area contributed by atoms with Gasteiger partial charge >= 0.3 is 6.18 Å². The van der Waals surface area contributed by atoms with Crippen LogP contribution in [-0.4, -0.2) is 7.11 Å². The monoisotopic (exact) mass is 296 g/mol. The Morgan fingerprint density at radius 2 is 1.76 bits per heavy atom. The Labute approximate surface area is 120 Å². The van der Waals surface area contributed by atoms with E-state index in [0.717, 1.165) is 12.1 Å². The van der Waals surface area contributed by atoms with Crippen molar-refractivity contribution in [2.75, 3.05) is 18.2 Å². The number of hydrogen-bond acceptors (Lipinski definition) is 3. The number of halogens is 3. The van der Waals surface area contributed by atoms with Crippen molar-refractivity contribution in [2.45, 2.75) is 13.1 Å². The first-order chi connectivity index (χ1) is 9.81. The number of ether oxygens (including phenoxy) is 1. The van der Waals surface area contributed by atoms with Crippen molar-refractivity contribution in [3.05, 3.63) is 47.5 Å². The summed E-state index contributed by atoms with van der Waals surface area (Å²) in [4.78, 5) is 0. The number of hydrogen-bond donors (Lipinski definition) is 2. The Hall–Kier alpha value is -2.37. The Kier molecular flexibility index (Phi) is 3.97. The molecule has 0 spiro atoms. The third kappa shape index (κ3) is 3.39. The molecule has 0 atom stereocenters. The van der Waals surface area contributed by atoms with Crippen LogP contribution in [0.5, 0.6) is 5.75 Å². The number of aryl methyl sites for hydroxylation is 1. The van der Waals surface area contributed by atoms with E-state index in [2.05, 4.69) is 5.32 Å². The van der Waals surface area contributed by atoms with Gasteiger partial charge in [0.15, 0.2) is 0 Å². The zero-order valence-electron chi connectivity index (χ0n) is 11.6. The molecule has 0 saturated carbocycles. The summed E-state index contributed by atoms with van der Waals surface area (Å²) in [6.07, 6.45) is -4.38. The van der Waals surface area contributed by atoms with Gasteiger partial charge in [-0.15, -0.1) is 0 Å². The fourth-order valence-electron chi connectivity index (χ4n) is 1.86. The Morgan fingerprint density at radius 1 is 1.05 bits per heavy atom. The molecule has 2 aromatic carbocycles. The second-order valence-corrected chi connectivity index (χ2v) is 4.61. The normalized spacial score (nSPS) is 11.3. The van der Waals surface area contributed by atoms with Gasteiger partial charge in [0.25, 0.3) is 0 Å². The maximum absolute atomic E-state index is 12.7. The number of methoxy groups -OCH3 is 1. The molecule has 0 aliphatic rings. The van der Waals surface area contributed by atoms with E-state index < -0.39 is 11.7 Å². The summed E-state index contributed by atoms with van der Waals surface area (Å²) < 4.78 is 43.3. The molecule has 0 aliphatic carbocycles. The van der Waals surface area contributed by atoms with Crippen LogP contribution in [0.4, 0.5) is 30.2 Å². The van der Waals surface area contributed by atoms with E-state index in [-0.39, 0.29) is 0 Å². The summed E-state index contributed by atoms with van der Waals surface area (Å²) in [5.74, 6) is 0.582. The topological polar surface area (TPSA) is 47.3 Å². The van der Waals surface area contributed by atoms with Crippen LogP contribution in [0.25, 0.3) is 0 Å². The largest absolute Gasteiger partial charge is 0.497 e. The average Bonchev–Trinajstić information content (AvgIpc) is 2.42. The molecule has 0 aliphatic heterocycles. The van der Waals surface area contributed by atoms with Gasteiger partial charge in [-0.25, -0.2) is 0 Å². The number of nitrogens with one attached hydrogen (secondary N) is 1. The van der Waals surface area contributed by atoms with E-state index in [1.807, 2.05) is 0 Å². The van der Waals surface area contributed by atoms with Gasteiger partial charge in [-0.1, -0.05) is 6.07 Å². The number of alkyl halides is 3. The van der Waals surface area contributed by atoms with Crippen LogP contribution >= 0.6 is 0 Å². The number of anilines is 3. The van der Waals surface area contributed by atoms with E-state index in [9.17, 15) is 13.2 Å². The van der Waals surface area contributed by atoms with Crippen LogP contribution in [-0.2, 0) is 6.18 Å². The van der Waals surface area contributed by atoms with Crippen molar-refractivity contribution >= 4 is 17.1 Å². The molecule has 2 aromatic rings. The van der Waals surface area contributed by atoms with E-state index in [1.165, 1.54) is 13.2 Å². The van der Waals surface area contributed by atoms with Crippen molar-refractivity contribution in [1.82, 2.24) is 0 Å². The Bertz CT molecular complexity index is 654. The van der Waals surface area contributed by atoms with Crippen LogP contribution in [0.1, 0.15) is 11.1 Å². The molecular weight excluding hydrogens is 281 g/mol. The summed E-state index contributed by atoms with van der Waals surface area (Å²) in [6, 6.07) is 8.49. The SMILES string of the molecule is COc1ccc(Nc2cc(C(F)(F)F)ccc2C)c(N)c1. The lowest BCUT2D eigenvalue weighted by molar-refractivity contribution is -0.137. The van der Waals surface area contributed by atoms with Gasteiger partial charge in [0, 0.05) is 11.8 Å². The van der Waals surface area contributed by atoms with Crippen LogP contribution in [0.2, 0.25) is 0 Å². The molecule has 3 nitrogen and oxygen atoms in total. The zero-order valence-corrected chi connectivity index (χ0v) is 11.6. The summed E-state index contributed by atoms with van der Waals surface area (Å²) in [6.45, 7) is 1.72. The number of rotatable bonds is 3. The molecule has 6 heteroatoms. The molecule has 0 fully saturated rings. The molecule has 112 valence electrons. The van der Waals surface area contributed by atoms with Crippen LogP contribution in [0.3, 0.4) is 0 Å². The van der Waals surface area contributed by atoms with Crippen molar-refractivity contribution in [3.8, 4) is 5.75 Å². The maximum Gasteiger partial charge on any atom is 0.416 e. The number of nitrogen functional groups attached to an aromatic ring is 1. The molecule has 0 aromatic heterocycles. The lowest BCUT2D eigenvalue weighted by Crippen LogP contribution is -2.06. The fourth-order valence-corrected chi connectivity index (χ4v) is 1.86. The minimum atomic E-state index is -4.38. The first kappa shape index (κ1) is 15.0. The number of nitrogens with two attached hydrogens (primary N) is 1. The molecule has 0 heterocycles. The van der Waals surface area contributed by atoms with E-state index >= 15 is 0 Å². The van der Waals surface area contributed by atoms with Crippen molar-refractivity contribution in [2.24, 2.45) is 0 Å². The minimum absolute atomic E-state index is 0.363. The van der Waals surface area contributed by atoms with Crippen molar-refractivity contribution in [3.63, 3.8) is 0 Å². The summed E-state index contributed by atoms with van der Waals surface area (Å²) in [7, 11) is 1.51. The van der Waals surface area contributed by atoms with Gasteiger partial charge in [-0.2, -0.15) is 13.2 Å². The highest BCUT2D eigenvalue weighted by molar-refractivity contribution is 5.75. The predicted molar refractivity (Wildman–Crippen MR) is 76.9 cm³/mol. The molecule has 0 bridgehead atoms. The predicted octanol–water partition coefficient (Wildman–Crippen LogP) is 4.35. The molecule has 0 amide bonds. The second-order valence-electron chi connectivity index (χ2n) is 4.61. The van der Waals surface area contributed by atoms with E-state index in [0.29, 0.717) is 28.4 Å². The standard InChI is InChI=1S/C15H15F3N2O/c1-9-3-4-10(15(16,17)18)7-14(9)20-13-6-5-11(21-2)8-12(13)19/h3-8,20H,19H2,1-2H3. The van der Waals surface area contributed by atoms with E-state index in [4.69, 9.17) is 10.5 Å². The van der Waals surface area contributed by atoms with Crippen LogP contribution < -0.4 is 15.8 Å². The fraction of sp³-hybridized carbons (Fsp3) is 0.200. The molecule has 0 radical (unpaired) electrons. The molecule has 0 unspecified atom stereocenters. The first-order valence-corrected chi connectivity index (χ1v) is 6.19. The smallest absolute Gasteiger partial charge is 0.416 e. The van der Waals surface area contributed by atoms with Crippen molar-refractivity contribution < 1.29 is 17.9 Å². The summed E-state index contributed by atoms with van der Waals surface area (Å²) in [5.41, 5.74) is 7.12. The lowest BCUT2D eigenvalue weighted by atomic mass is 10.1. The van der Waals surface area contributed by atoms with Gasteiger partial charge in [0.05, 0.1) is 24.0 Å². The van der Waals surface area contributed by atoms with Crippen molar-refractivity contribution in [1.29, 1.82) is 0 Å². The Balaban J connectivity index is 2.35. The maximum atomic E-state index is 12.7. The molecular formula is C15H15F3N2O.